The van der Waals surface area contributed by atoms with Crippen LogP contribution in [0.4, 0.5) is 0 Å². The fraction of sp³-hybridized carbons (Fsp3) is 0.500. The summed E-state index contributed by atoms with van der Waals surface area (Å²) in [6.45, 7) is 4.15. The average molecular weight is 330 g/mol. The monoisotopic (exact) mass is 329 g/mol. The van der Waals surface area contributed by atoms with E-state index in [9.17, 15) is 8.42 Å². The second-order valence-corrected chi connectivity index (χ2v) is 6.87. The lowest BCUT2D eigenvalue weighted by Crippen LogP contribution is -2.27. The lowest BCUT2D eigenvalue weighted by Gasteiger charge is -2.11. The Bertz CT molecular complexity index is 620. The molecule has 1 heterocycles. The fourth-order valence-corrected chi connectivity index (χ4v) is 3.71. The Balaban J connectivity index is 0.00000220. The van der Waals surface area contributed by atoms with Gasteiger partial charge in [-0.2, -0.15) is 5.26 Å². The number of hydrogen-bond acceptors (Lipinski definition) is 4. The van der Waals surface area contributed by atoms with Gasteiger partial charge in [0.1, 0.15) is 0 Å². The zero-order valence-electron chi connectivity index (χ0n) is 11.9. The van der Waals surface area contributed by atoms with Gasteiger partial charge in [0.2, 0.25) is 10.0 Å². The summed E-state index contributed by atoms with van der Waals surface area (Å²) in [6.07, 6.45) is 1.94. The van der Waals surface area contributed by atoms with Crippen molar-refractivity contribution in [3.05, 3.63) is 29.3 Å². The summed E-state index contributed by atoms with van der Waals surface area (Å²) in [6, 6.07) is 6.68. The Morgan fingerprint density at radius 2 is 2.24 bits per heavy atom. The predicted molar refractivity (Wildman–Crippen MR) is 83.9 cm³/mol. The minimum Gasteiger partial charge on any atom is -0.316 e. The van der Waals surface area contributed by atoms with E-state index in [1.54, 1.807) is 19.1 Å². The van der Waals surface area contributed by atoms with Crippen molar-refractivity contribution in [3.63, 3.8) is 0 Å². The third-order valence-electron chi connectivity index (χ3n) is 3.61. The highest BCUT2D eigenvalue weighted by atomic mass is 35.5. The van der Waals surface area contributed by atoms with Crippen molar-refractivity contribution < 1.29 is 8.42 Å². The van der Waals surface area contributed by atoms with Gasteiger partial charge in [-0.3, -0.25) is 0 Å². The van der Waals surface area contributed by atoms with Gasteiger partial charge in [0.05, 0.1) is 16.5 Å². The molecule has 1 saturated heterocycles. The number of rotatable bonds is 5. The maximum absolute atomic E-state index is 12.3. The van der Waals surface area contributed by atoms with Crippen molar-refractivity contribution in [2.45, 2.75) is 24.7 Å². The molecule has 5 nitrogen and oxygen atoms in total. The Morgan fingerprint density at radius 3 is 2.86 bits per heavy atom. The van der Waals surface area contributed by atoms with Crippen LogP contribution in [0.25, 0.3) is 0 Å². The third-order valence-corrected chi connectivity index (χ3v) is 5.22. The van der Waals surface area contributed by atoms with E-state index in [0.717, 1.165) is 25.9 Å². The van der Waals surface area contributed by atoms with Crippen LogP contribution in [0.3, 0.4) is 0 Å². The lowest BCUT2D eigenvalue weighted by atomic mass is 10.1. The van der Waals surface area contributed by atoms with Gasteiger partial charge in [-0.05, 0) is 56.5 Å². The first-order valence-corrected chi connectivity index (χ1v) is 8.22. The number of aryl methyl sites for hydroxylation is 1. The smallest absolute Gasteiger partial charge is 0.240 e. The molecule has 7 heteroatoms. The molecule has 0 spiro atoms. The van der Waals surface area contributed by atoms with E-state index < -0.39 is 10.0 Å². The molecule has 1 unspecified atom stereocenters. The van der Waals surface area contributed by atoms with E-state index in [1.165, 1.54) is 6.07 Å². The molecule has 2 rings (SSSR count). The number of benzene rings is 1. The average Bonchev–Trinajstić information content (AvgIpc) is 2.92. The summed E-state index contributed by atoms with van der Waals surface area (Å²) in [7, 11) is -3.54. The molecule has 0 saturated carbocycles. The van der Waals surface area contributed by atoms with Crippen molar-refractivity contribution in [1.29, 1.82) is 5.26 Å². The van der Waals surface area contributed by atoms with Gasteiger partial charge in [-0.25, -0.2) is 13.1 Å². The third kappa shape index (κ3) is 4.68. The van der Waals surface area contributed by atoms with Crippen molar-refractivity contribution in [3.8, 4) is 6.07 Å². The molecule has 1 aliphatic rings. The first-order valence-electron chi connectivity index (χ1n) is 6.74. The molecule has 0 aromatic heterocycles. The molecule has 1 atom stereocenters. The molecule has 1 aliphatic heterocycles. The Kier molecular flexibility index (Phi) is 6.62. The molecule has 2 N–H and O–H groups in total. The van der Waals surface area contributed by atoms with Crippen molar-refractivity contribution in [2.75, 3.05) is 19.6 Å². The topological polar surface area (TPSA) is 82.0 Å². The summed E-state index contributed by atoms with van der Waals surface area (Å²) in [5, 5.41) is 12.1. The van der Waals surface area contributed by atoms with Crippen LogP contribution in [-0.4, -0.2) is 28.1 Å². The molecular formula is C14H20ClN3O2S. The molecule has 1 aromatic rings. The fourth-order valence-electron chi connectivity index (χ4n) is 2.40. The highest BCUT2D eigenvalue weighted by molar-refractivity contribution is 7.89. The maximum Gasteiger partial charge on any atom is 0.240 e. The molecule has 0 aliphatic carbocycles. The van der Waals surface area contributed by atoms with Crippen molar-refractivity contribution in [1.82, 2.24) is 10.0 Å². The van der Waals surface area contributed by atoms with Gasteiger partial charge in [0.25, 0.3) is 0 Å². The van der Waals surface area contributed by atoms with Gasteiger partial charge < -0.3 is 5.32 Å². The zero-order chi connectivity index (χ0) is 14.6. The molecule has 116 valence electrons. The molecule has 21 heavy (non-hydrogen) atoms. The Labute approximate surface area is 132 Å². The minimum atomic E-state index is -3.54. The number of halogens is 1. The first kappa shape index (κ1) is 17.9. The molecule has 0 bridgehead atoms. The highest BCUT2D eigenvalue weighted by Crippen LogP contribution is 2.17. The zero-order valence-corrected chi connectivity index (χ0v) is 13.6. The lowest BCUT2D eigenvalue weighted by molar-refractivity contribution is 0.519. The van der Waals surface area contributed by atoms with Crippen LogP contribution < -0.4 is 10.0 Å². The number of nitrogens with one attached hydrogen (secondary N) is 2. The normalized spacial score (nSPS) is 18.0. The molecule has 1 aromatic carbocycles. The van der Waals surface area contributed by atoms with Gasteiger partial charge in [-0.15, -0.1) is 12.4 Å². The quantitative estimate of drug-likeness (QED) is 0.859. The second kappa shape index (κ2) is 7.76. The number of hydrogen-bond donors (Lipinski definition) is 2. The Hall–Kier alpha value is -1.13. The van der Waals surface area contributed by atoms with Crippen LogP contribution in [0.15, 0.2) is 23.1 Å². The molecule has 0 radical (unpaired) electrons. The van der Waals surface area contributed by atoms with Crippen molar-refractivity contribution in [2.24, 2.45) is 5.92 Å². The van der Waals surface area contributed by atoms with E-state index >= 15 is 0 Å². The van der Waals surface area contributed by atoms with Crippen LogP contribution >= 0.6 is 12.4 Å². The highest BCUT2D eigenvalue weighted by Gasteiger charge is 2.19. The largest absolute Gasteiger partial charge is 0.316 e. The van der Waals surface area contributed by atoms with E-state index in [1.807, 2.05) is 6.07 Å². The van der Waals surface area contributed by atoms with E-state index in [-0.39, 0.29) is 17.3 Å². The summed E-state index contributed by atoms with van der Waals surface area (Å²) < 4.78 is 27.1. The first-order chi connectivity index (χ1) is 9.53. The van der Waals surface area contributed by atoms with Crippen LogP contribution in [-0.2, 0) is 10.0 Å². The number of sulfonamides is 1. The van der Waals surface area contributed by atoms with E-state index in [4.69, 9.17) is 5.26 Å². The van der Waals surface area contributed by atoms with Crippen LogP contribution in [0, 0.1) is 24.2 Å². The van der Waals surface area contributed by atoms with Crippen LogP contribution in [0.5, 0.6) is 0 Å². The Morgan fingerprint density at radius 1 is 1.48 bits per heavy atom. The standard InChI is InChI=1S/C14H19N3O2S.ClH/c1-11-2-3-13(9-15)8-14(11)20(18,19)17-7-5-12-4-6-16-10-12;/h2-3,8,12,16-17H,4-7,10H2,1H3;1H. The second-order valence-electron chi connectivity index (χ2n) is 5.14. The van der Waals surface area contributed by atoms with Gasteiger partial charge in [0.15, 0.2) is 0 Å². The maximum atomic E-state index is 12.3. The SMILES string of the molecule is Cc1ccc(C#N)cc1S(=O)(=O)NCCC1CCNC1.Cl. The molecule has 0 amide bonds. The van der Waals surface area contributed by atoms with E-state index in [2.05, 4.69) is 10.0 Å². The summed E-state index contributed by atoms with van der Waals surface area (Å²) in [5.74, 6) is 0.546. The van der Waals surface area contributed by atoms with Crippen LogP contribution in [0.2, 0.25) is 0 Å². The summed E-state index contributed by atoms with van der Waals surface area (Å²) >= 11 is 0. The van der Waals surface area contributed by atoms with Gasteiger partial charge >= 0.3 is 0 Å². The number of nitriles is 1. The van der Waals surface area contributed by atoms with E-state index in [0.29, 0.717) is 23.6 Å². The minimum absolute atomic E-state index is 0. The van der Waals surface area contributed by atoms with Crippen molar-refractivity contribution >= 4 is 22.4 Å². The summed E-state index contributed by atoms with van der Waals surface area (Å²) in [5.41, 5.74) is 1.01. The molecule has 1 fully saturated rings. The van der Waals surface area contributed by atoms with Gasteiger partial charge in [-0.1, -0.05) is 6.07 Å². The summed E-state index contributed by atoms with van der Waals surface area (Å²) in [4.78, 5) is 0.195. The predicted octanol–water partition coefficient (Wildman–Crippen LogP) is 1.57. The molecular weight excluding hydrogens is 310 g/mol. The van der Waals surface area contributed by atoms with Gasteiger partial charge in [0, 0.05) is 6.54 Å². The van der Waals surface area contributed by atoms with Crippen LogP contribution in [0.1, 0.15) is 24.0 Å². The number of nitrogens with zero attached hydrogens (tertiary/aromatic N) is 1.